The predicted molar refractivity (Wildman–Crippen MR) is 119 cm³/mol. The molecule has 1 heterocycles. The van der Waals surface area contributed by atoms with Crippen LogP contribution in [0.25, 0.3) is 0 Å². The fourth-order valence-electron chi connectivity index (χ4n) is 3.88. The van der Waals surface area contributed by atoms with E-state index in [1.54, 1.807) is 19.9 Å². The number of anilines is 2. The summed E-state index contributed by atoms with van der Waals surface area (Å²) >= 11 is 0. The molecular weight excluding hydrogens is 404 g/mol. The molecule has 0 unspecified atom stereocenters. The summed E-state index contributed by atoms with van der Waals surface area (Å²) in [5.41, 5.74) is 1.36. The molecule has 8 nitrogen and oxygen atoms in total. The van der Waals surface area contributed by atoms with Gasteiger partial charge in [0.25, 0.3) is 5.69 Å². The largest absolute Gasteiger partial charge is 0.373 e. The summed E-state index contributed by atoms with van der Waals surface area (Å²) in [6.45, 7) is 4.83. The molecule has 1 fully saturated rings. The average molecular weight is 433 g/mol. The van der Waals surface area contributed by atoms with Crippen LogP contribution in [0.3, 0.4) is 0 Å². The average Bonchev–Trinajstić information content (AvgIpc) is 3.15. The SMILES string of the molecule is CC(C)NS(=O)(=O)c1ccc(N2CCC[C@H]2CN(C)c2ccccc2)c([N+](=O)[O-])c1. The van der Waals surface area contributed by atoms with E-state index < -0.39 is 14.9 Å². The van der Waals surface area contributed by atoms with Crippen LogP contribution in [-0.4, -0.2) is 45.6 Å². The Balaban J connectivity index is 1.89. The number of nitro groups is 1. The highest BCUT2D eigenvalue weighted by atomic mass is 32.2. The number of nitrogens with one attached hydrogen (secondary N) is 1. The number of hydrogen-bond acceptors (Lipinski definition) is 6. The van der Waals surface area contributed by atoms with Crippen LogP contribution in [-0.2, 0) is 10.0 Å². The summed E-state index contributed by atoms with van der Waals surface area (Å²) in [6.07, 6.45) is 1.85. The molecule has 30 heavy (non-hydrogen) atoms. The van der Waals surface area contributed by atoms with E-state index in [1.807, 2.05) is 42.3 Å². The van der Waals surface area contributed by atoms with Gasteiger partial charge in [-0.05, 0) is 51.0 Å². The van der Waals surface area contributed by atoms with Crippen molar-refractivity contribution < 1.29 is 13.3 Å². The van der Waals surface area contributed by atoms with E-state index in [-0.39, 0.29) is 22.7 Å². The van der Waals surface area contributed by atoms with Crippen molar-refractivity contribution >= 4 is 27.1 Å². The van der Waals surface area contributed by atoms with Gasteiger partial charge in [0.05, 0.1) is 9.82 Å². The van der Waals surface area contributed by atoms with Crippen LogP contribution in [0.15, 0.2) is 53.4 Å². The summed E-state index contributed by atoms with van der Waals surface area (Å²) in [5.74, 6) is 0. The molecule has 2 aromatic carbocycles. The normalized spacial score (nSPS) is 16.8. The number of nitro benzene ring substituents is 1. The highest BCUT2D eigenvalue weighted by Gasteiger charge is 2.32. The molecule has 3 rings (SSSR count). The summed E-state index contributed by atoms with van der Waals surface area (Å²) in [5, 5.41) is 11.8. The summed E-state index contributed by atoms with van der Waals surface area (Å²) in [7, 11) is -1.80. The molecule has 0 aliphatic carbocycles. The molecule has 9 heteroatoms. The van der Waals surface area contributed by atoms with E-state index in [9.17, 15) is 18.5 Å². The lowest BCUT2D eigenvalue weighted by Gasteiger charge is -2.31. The van der Waals surface area contributed by atoms with Gasteiger partial charge < -0.3 is 9.80 Å². The first kappa shape index (κ1) is 22.0. The number of sulfonamides is 1. The third-order valence-corrected chi connectivity index (χ3v) is 6.87. The molecular formula is C21H28N4O4S. The van der Waals surface area contributed by atoms with Crippen LogP contribution in [0.1, 0.15) is 26.7 Å². The Morgan fingerprint density at radius 2 is 1.93 bits per heavy atom. The lowest BCUT2D eigenvalue weighted by Crippen LogP contribution is -2.39. The highest BCUT2D eigenvalue weighted by Crippen LogP contribution is 2.35. The predicted octanol–water partition coefficient (Wildman–Crippen LogP) is 3.39. The molecule has 1 aliphatic rings. The molecule has 162 valence electrons. The molecule has 1 aliphatic heterocycles. The van der Waals surface area contributed by atoms with E-state index in [1.165, 1.54) is 6.07 Å². The summed E-state index contributed by atoms with van der Waals surface area (Å²) < 4.78 is 27.4. The van der Waals surface area contributed by atoms with Crippen LogP contribution < -0.4 is 14.5 Å². The van der Waals surface area contributed by atoms with Crippen molar-refractivity contribution in [2.24, 2.45) is 0 Å². The third-order valence-electron chi connectivity index (χ3n) is 5.21. The second-order valence-electron chi connectivity index (χ2n) is 7.89. The first-order valence-corrected chi connectivity index (χ1v) is 11.5. The Labute approximate surface area is 177 Å². The number of nitrogens with zero attached hydrogens (tertiary/aromatic N) is 3. The van der Waals surface area contributed by atoms with Gasteiger partial charge in [0.2, 0.25) is 10.0 Å². The van der Waals surface area contributed by atoms with Crippen molar-refractivity contribution in [2.45, 2.75) is 43.7 Å². The molecule has 1 N–H and O–H groups in total. The second-order valence-corrected chi connectivity index (χ2v) is 9.60. The second kappa shape index (κ2) is 9.01. The lowest BCUT2D eigenvalue weighted by molar-refractivity contribution is -0.384. The number of rotatable bonds is 8. The Hall–Kier alpha value is -2.65. The highest BCUT2D eigenvalue weighted by molar-refractivity contribution is 7.89. The summed E-state index contributed by atoms with van der Waals surface area (Å²) in [4.78, 5) is 15.4. The summed E-state index contributed by atoms with van der Waals surface area (Å²) in [6, 6.07) is 14.0. The zero-order valence-electron chi connectivity index (χ0n) is 17.5. The molecule has 0 saturated carbocycles. The zero-order chi connectivity index (χ0) is 21.9. The monoisotopic (exact) mass is 432 g/mol. The molecule has 0 spiro atoms. The standard InChI is InChI=1S/C21H28N4O4S/c1-16(2)22-30(28,29)19-11-12-20(21(14-19)25(26)27)24-13-7-10-18(24)15-23(3)17-8-5-4-6-9-17/h4-6,8-9,11-12,14,16,18,22H,7,10,13,15H2,1-3H3/t18-/m0/s1. The minimum Gasteiger partial charge on any atom is -0.373 e. The first-order chi connectivity index (χ1) is 14.2. The van der Waals surface area contributed by atoms with Gasteiger partial charge in [-0.15, -0.1) is 0 Å². The van der Waals surface area contributed by atoms with Crippen molar-refractivity contribution in [1.82, 2.24) is 4.72 Å². The van der Waals surface area contributed by atoms with Crippen LogP contribution in [0.2, 0.25) is 0 Å². The van der Waals surface area contributed by atoms with E-state index in [2.05, 4.69) is 9.62 Å². The number of para-hydroxylation sites is 1. The van der Waals surface area contributed by atoms with E-state index in [4.69, 9.17) is 0 Å². The Kier molecular flexibility index (Phi) is 6.62. The number of benzene rings is 2. The Morgan fingerprint density at radius 1 is 1.23 bits per heavy atom. The van der Waals surface area contributed by atoms with Crippen molar-refractivity contribution in [3.05, 3.63) is 58.6 Å². The molecule has 0 amide bonds. The molecule has 0 radical (unpaired) electrons. The van der Waals surface area contributed by atoms with Gasteiger partial charge in [-0.3, -0.25) is 10.1 Å². The van der Waals surface area contributed by atoms with Gasteiger partial charge in [0.1, 0.15) is 5.69 Å². The van der Waals surface area contributed by atoms with Crippen LogP contribution in [0.5, 0.6) is 0 Å². The van der Waals surface area contributed by atoms with Crippen molar-refractivity contribution in [3.63, 3.8) is 0 Å². The molecule has 2 aromatic rings. The van der Waals surface area contributed by atoms with E-state index in [0.717, 1.165) is 31.1 Å². The van der Waals surface area contributed by atoms with Gasteiger partial charge in [-0.1, -0.05) is 18.2 Å². The minimum atomic E-state index is -3.81. The molecule has 1 saturated heterocycles. The lowest BCUT2D eigenvalue weighted by atomic mass is 10.1. The van der Waals surface area contributed by atoms with Crippen LogP contribution in [0, 0.1) is 10.1 Å². The molecule has 0 bridgehead atoms. The van der Waals surface area contributed by atoms with Gasteiger partial charge in [-0.2, -0.15) is 0 Å². The number of hydrogen-bond donors (Lipinski definition) is 1. The fraction of sp³-hybridized carbons (Fsp3) is 0.429. The maximum Gasteiger partial charge on any atom is 0.293 e. The van der Waals surface area contributed by atoms with Gasteiger partial charge >= 0.3 is 0 Å². The van der Waals surface area contributed by atoms with Crippen molar-refractivity contribution in [2.75, 3.05) is 29.9 Å². The van der Waals surface area contributed by atoms with E-state index >= 15 is 0 Å². The quantitative estimate of drug-likeness (QED) is 0.507. The van der Waals surface area contributed by atoms with Crippen LogP contribution >= 0.6 is 0 Å². The zero-order valence-corrected chi connectivity index (χ0v) is 18.3. The molecule has 1 atom stereocenters. The number of likely N-dealkylation sites (N-methyl/N-ethyl adjacent to an activating group) is 1. The third kappa shape index (κ3) is 4.91. The Bertz CT molecular complexity index is 995. The smallest absolute Gasteiger partial charge is 0.293 e. The van der Waals surface area contributed by atoms with Crippen LogP contribution in [0.4, 0.5) is 17.1 Å². The first-order valence-electron chi connectivity index (χ1n) is 10.0. The van der Waals surface area contributed by atoms with Gasteiger partial charge in [0.15, 0.2) is 0 Å². The van der Waals surface area contributed by atoms with Gasteiger partial charge in [-0.25, -0.2) is 13.1 Å². The Morgan fingerprint density at radius 3 is 2.57 bits per heavy atom. The maximum absolute atomic E-state index is 12.5. The van der Waals surface area contributed by atoms with Crippen molar-refractivity contribution in [3.8, 4) is 0 Å². The molecule has 0 aromatic heterocycles. The van der Waals surface area contributed by atoms with Crippen molar-refractivity contribution in [1.29, 1.82) is 0 Å². The topological polar surface area (TPSA) is 95.8 Å². The minimum absolute atomic E-state index is 0.0937. The van der Waals surface area contributed by atoms with Gasteiger partial charge in [0, 0.05) is 44.0 Å². The van der Waals surface area contributed by atoms with E-state index in [0.29, 0.717) is 12.2 Å². The fourth-order valence-corrected chi connectivity index (χ4v) is 5.16. The maximum atomic E-state index is 12.5.